The summed E-state index contributed by atoms with van der Waals surface area (Å²) in [5.41, 5.74) is -0.552. The molecule has 0 spiro atoms. The highest BCUT2D eigenvalue weighted by Crippen LogP contribution is 2.28. The fraction of sp³-hybridized carbons (Fsp3) is 0.385. The SMILES string of the molecule is CC(C)(C)[C@H](NC(=O)c1cc(I)cc(I)c1O)C(=O)O. The normalized spacial score (nSPS) is 12.8. The number of carbonyl (C=O) groups excluding carboxylic acids is 1. The van der Waals surface area contributed by atoms with E-state index < -0.39 is 23.3 Å². The number of benzene rings is 1. The van der Waals surface area contributed by atoms with Crippen LogP contribution in [0.5, 0.6) is 5.75 Å². The Morgan fingerprint density at radius 1 is 1.25 bits per heavy atom. The van der Waals surface area contributed by atoms with Gasteiger partial charge in [-0.15, -0.1) is 0 Å². The summed E-state index contributed by atoms with van der Waals surface area (Å²) in [7, 11) is 0. The van der Waals surface area contributed by atoms with Crippen LogP contribution in [0.1, 0.15) is 31.1 Å². The van der Waals surface area contributed by atoms with E-state index in [9.17, 15) is 19.8 Å². The maximum atomic E-state index is 12.2. The first-order valence-electron chi connectivity index (χ1n) is 5.75. The molecule has 7 heteroatoms. The number of amides is 1. The van der Waals surface area contributed by atoms with Gasteiger partial charge in [0.15, 0.2) is 0 Å². The van der Waals surface area contributed by atoms with Gasteiger partial charge in [-0.3, -0.25) is 4.79 Å². The van der Waals surface area contributed by atoms with Gasteiger partial charge in [0.1, 0.15) is 11.8 Å². The average Bonchev–Trinajstić information content (AvgIpc) is 2.28. The van der Waals surface area contributed by atoms with Gasteiger partial charge < -0.3 is 15.5 Å². The van der Waals surface area contributed by atoms with Gasteiger partial charge in [0.05, 0.1) is 9.13 Å². The molecule has 0 radical (unpaired) electrons. The first-order chi connectivity index (χ1) is 9.04. The van der Waals surface area contributed by atoms with Crippen LogP contribution in [0.4, 0.5) is 0 Å². The molecule has 110 valence electrons. The third-order valence-electron chi connectivity index (χ3n) is 2.66. The van der Waals surface area contributed by atoms with Crippen molar-refractivity contribution in [2.24, 2.45) is 5.41 Å². The summed E-state index contributed by atoms with van der Waals surface area (Å²) in [5, 5.41) is 21.6. The Morgan fingerprint density at radius 3 is 2.25 bits per heavy atom. The minimum atomic E-state index is -1.11. The molecular formula is C13H15I2NO4. The quantitative estimate of drug-likeness (QED) is 0.555. The predicted octanol–water partition coefficient (Wildman–Crippen LogP) is 2.83. The zero-order chi connectivity index (χ0) is 15.7. The molecule has 0 bridgehead atoms. The summed E-state index contributed by atoms with van der Waals surface area (Å²) in [6.45, 7) is 5.18. The lowest BCUT2D eigenvalue weighted by Gasteiger charge is -2.27. The fourth-order valence-corrected chi connectivity index (χ4v) is 3.44. The number of carboxylic acid groups (broad SMARTS) is 1. The lowest BCUT2D eigenvalue weighted by molar-refractivity contribution is -0.142. The van der Waals surface area contributed by atoms with E-state index in [2.05, 4.69) is 5.32 Å². The number of carbonyl (C=O) groups is 2. The zero-order valence-electron chi connectivity index (χ0n) is 11.2. The van der Waals surface area contributed by atoms with Crippen molar-refractivity contribution in [2.45, 2.75) is 26.8 Å². The van der Waals surface area contributed by atoms with Crippen molar-refractivity contribution in [3.63, 3.8) is 0 Å². The minimum absolute atomic E-state index is 0.0804. The molecule has 1 amide bonds. The van der Waals surface area contributed by atoms with Gasteiger partial charge in [0, 0.05) is 3.57 Å². The van der Waals surface area contributed by atoms with Gasteiger partial charge in [0.2, 0.25) is 0 Å². The zero-order valence-corrected chi connectivity index (χ0v) is 15.5. The van der Waals surface area contributed by atoms with Crippen molar-refractivity contribution in [1.29, 1.82) is 0 Å². The molecule has 1 rings (SSSR count). The molecule has 0 fully saturated rings. The highest BCUT2D eigenvalue weighted by atomic mass is 127. The average molecular weight is 503 g/mol. The van der Waals surface area contributed by atoms with Crippen molar-refractivity contribution in [1.82, 2.24) is 5.32 Å². The Morgan fingerprint density at radius 2 is 1.80 bits per heavy atom. The van der Waals surface area contributed by atoms with Crippen molar-refractivity contribution >= 4 is 57.1 Å². The number of hydrogen-bond donors (Lipinski definition) is 3. The highest BCUT2D eigenvalue weighted by molar-refractivity contribution is 14.1. The Labute approximate surface area is 144 Å². The summed E-state index contributed by atoms with van der Waals surface area (Å²) < 4.78 is 1.33. The molecule has 1 atom stereocenters. The topological polar surface area (TPSA) is 86.6 Å². The van der Waals surface area contributed by atoms with Gasteiger partial charge in [-0.05, 0) is 62.7 Å². The number of hydrogen-bond acceptors (Lipinski definition) is 3. The molecule has 0 saturated heterocycles. The lowest BCUT2D eigenvalue weighted by Crippen LogP contribution is -2.49. The molecule has 0 saturated carbocycles. The summed E-state index contributed by atoms with van der Waals surface area (Å²) >= 11 is 3.95. The first-order valence-corrected chi connectivity index (χ1v) is 7.91. The Kier molecular flexibility index (Phi) is 5.64. The summed E-state index contributed by atoms with van der Waals surface area (Å²) in [6.07, 6.45) is 0. The van der Waals surface area contributed by atoms with Crippen LogP contribution in [0.2, 0.25) is 0 Å². The standard InChI is InChI=1S/C13H15I2NO4/c1-13(2,3)10(12(19)20)16-11(18)7-4-6(14)5-8(15)9(7)17/h4-5,10,17H,1-3H3,(H,16,18)(H,19,20)/t10-/m1/s1. The summed E-state index contributed by atoms with van der Waals surface area (Å²) in [4.78, 5) is 23.4. The minimum Gasteiger partial charge on any atom is -0.506 e. The first kappa shape index (κ1) is 17.5. The van der Waals surface area contributed by atoms with Gasteiger partial charge in [-0.25, -0.2) is 4.79 Å². The molecule has 20 heavy (non-hydrogen) atoms. The van der Waals surface area contributed by atoms with Gasteiger partial charge >= 0.3 is 5.97 Å². The number of carboxylic acids is 1. The van der Waals surface area contributed by atoms with Crippen molar-refractivity contribution in [3.05, 3.63) is 24.8 Å². The van der Waals surface area contributed by atoms with Crippen molar-refractivity contribution < 1.29 is 19.8 Å². The number of phenols is 1. The van der Waals surface area contributed by atoms with E-state index in [1.165, 1.54) is 6.07 Å². The van der Waals surface area contributed by atoms with Crippen molar-refractivity contribution in [2.75, 3.05) is 0 Å². The molecule has 0 aromatic heterocycles. The van der Waals surface area contributed by atoms with E-state index in [0.717, 1.165) is 3.57 Å². The molecule has 0 heterocycles. The molecule has 0 aliphatic carbocycles. The van der Waals surface area contributed by atoms with Crippen LogP contribution in [-0.4, -0.2) is 28.1 Å². The maximum absolute atomic E-state index is 12.2. The van der Waals surface area contributed by atoms with Crippen LogP contribution in [0.3, 0.4) is 0 Å². The van der Waals surface area contributed by atoms with Crippen LogP contribution < -0.4 is 5.32 Å². The highest BCUT2D eigenvalue weighted by Gasteiger charge is 2.33. The molecule has 0 unspecified atom stereocenters. The second-order valence-corrected chi connectivity index (χ2v) is 7.80. The van der Waals surface area contributed by atoms with Crippen molar-refractivity contribution in [3.8, 4) is 5.75 Å². The Bertz CT molecular complexity index is 552. The second-order valence-electron chi connectivity index (χ2n) is 5.39. The smallest absolute Gasteiger partial charge is 0.326 e. The number of rotatable bonds is 3. The van der Waals surface area contributed by atoms with Crippen LogP contribution in [0.25, 0.3) is 0 Å². The predicted molar refractivity (Wildman–Crippen MR) is 91.9 cm³/mol. The number of halogens is 2. The van der Waals surface area contributed by atoms with E-state index in [4.69, 9.17) is 0 Å². The molecule has 0 aliphatic rings. The Balaban J connectivity index is 3.11. The van der Waals surface area contributed by atoms with Crippen LogP contribution in [0, 0.1) is 12.6 Å². The molecule has 5 nitrogen and oxygen atoms in total. The molecular weight excluding hydrogens is 488 g/mol. The summed E-state index contributed by atoms with van der Waals surface area (Å²) in [6, 6.07) is 2.21. The summed E-state index contributed by atoms with van der Waals surface area (Å²) in [5.74, 6) is -1.84. The maximum Gasteiger partial charge on any atom is 0.326 e. The van der Waals surface area contributed by atoms with Crippen LogP contribution in [0.15, 0.2) is 12.1 Å². The van der Waals surface area contributed by atoms with Crippen LogP contribution in [-0.2, 0) is 4.79 Å². The van der Waals surface area contributed by atoms with E-state index >= 15 is 0 Å². The van der Waals surface area contributed by atoms with Gasteiger partial charge in [0.25, 0.3) is 5.91 Å². The number of aliphatic carboxylic acids is 1. The molecule has 0 aliphatic heterocycles. The fourth-order valence-electron chi connectivity index (χ4n) is 1.60. The van der Waals surface area contributed by atoms with Crippen LogP contribution >= 0.6 is 45.2 Å². The Hall–Kier alpha value is -0.580. The third-order valence-corrected chi connectivity index (χ3v) is 4.11. The monoisotopic (exact) mass is 503 g/mol. The van der Waals surface area contributed by atoms with E-state index in [-0.39, 0.29) is 11.3 Å². The molecule has 1 aromatic rings. The molecule has 1 aromatic carbocycles. The van der Waals surface area contributed by atoms with E-state index in [0.29, 0.717) is 3.57 Å². The number of nitrogens with one attached hydrogen (secondary N) is 1. The van der Waals surface area contributed by atoms with Gasteiger partial charge in [-0.1, -0.05) is 20.8 Å². The van der Waals surface area contributed by atoms with E-state index in [1.54, 1.807) is 26.8 Å². The molecule has 3 N–H and O–H groups in total. The number of aromatic hydroxyl groups is 1. The van der Waals surface area contributed by atoms with E-state index in [1.807, 2.05) is 45.2 Å². The number of phenolic OH excluding ortho intramolecular Hbond substituents is 1. The van der Waals surface area contributed by atoms with Gasteiger partial charge in [-0.2, -0.15) is 0 Å². The second kappa shape index (κ2) is 6.46. The largest absolute Gasteiger partial charge is 0.506 e. The third kappa shape index (κ3) is 4.21. The lowest BCUT2D eigenvalue weighted by atomic mass is 9.86.